The van der Waals surface area contributed by atoms with E-state index in [-0.39, 0.29) is 17.7 Å². The third-order valence-electron chi connectivity index (χ3n) is 2.98. The molecule has 0 saturated carbocycles. The molecule has 1 N–H and O–H groups in total. The molecule has 1 amide bonds. The van der Waals surface area contributed by atoms with E-state index < -0.39 is 12.5 Å². The van der Waals surface area contributed by atoms with Crippen LogP contribution in [0, 0.1) is 6.92 Å². The summed E-state index contributed by atoms with van der Waals surface area (Å²) in [7, 11) is 0. The summed E-state index contributed by atoms with van der Waals surface area (Å²) in [5.74, 6) is -0.244. The SMILES string of the molecule is Cc1cc(C(F)F)nn1C(C)C(=O)NCCCOC(C)C. The number of nitrogens with one attached hydrogen (secondary N) is 1. The Kier molecular flexibility index (Phi) is 6.74. The molecule has 120 valence electrons. The van der Waals surface area contributed by atoms with Crippen LogP contribution in [-0.2, 0) is 9.53 Å². The molecular formula is C14H23F2N3O2. The molecular weight excluding hydrogens is 280 g/mol. The van der Waals surface area contributed by atoms with E-state index in [1.54, 1.807) is 13.8 Å². The predicted octanol–water partition coefficient (Wildman–Crippen LogP) is 2.62. The van der Waals surface area contributed by atoms with Gasteiger partial charge < -0.3 is 10.1 Å². The fourth-order valence-electron chi connectivity index (χ4n) is 1.87. The molecule has 1 atom stereocenters. The van der Waals surface area contributed by atoms with Crippen LogP contribution >= 0.6 is 0 Å². The summed E-state index contributed by atoms with van der Waals surface area (Å²) in [4.78, 5) is 12.0. The summed E-state index contributed by atoms with van der Waals surface area (Å²) in [6, 6.07) is 0.675. The number of aromatic nitrogens is 2. The van der Waals surface area contributed by atoms with Gasteiger partial charge in [0, 0.05) is 18.8 Å². The second-order valence-electron chi connectivity index (χ2n) is 5.20. The van der Waals surface area contributed by atoms with Crippen molar-refractivity contribution in [2.75, 3.05) is 13.2 Å². The monoisotopic (exact) mass is 303 g/mol. The average molecular weight is 303 g/mol. The summed E-state index contributed by atoms with van der Waals surface area (Å²) >= 11 is 0. The van der Waals surface area contributed by atoms with Crippen LogP contribution in [0.15, 0.2) is 6.07 Å². The van der Waals surface area contributed by atoms with Gasteiger partial charge in [0.2, 0.25) is 5.91 Å². The lowest BCUT2D eigenvalue weighted by molar-refractivity contribution is -0.124. The number of carbonyl (C=O) groups excluding carboxylic acids is 1. The molecule has 1 heterocycles. The first-order chi connectivity index (χ1) is 9.82. The van der Waals surface area contributed by atoms with E-state index in [4.69, 9.17) is 4.74 Å². The Balaban J connectivity index is 2.47. The van der Waals surface area contributed by atoms with Gasteiger partial charge in [0.25, 0.3) is 6.43 Å². The zero-order valence-electron chi connectivity index (χ0n) is 12.9. The molecule has 1 unspecified atom stereocenters. The van der Waals surface area contributed by atoms with Crippen molar-refractivity contribution < 1.29 is 18.3 Å². The van der Waals surface area contributed by atoms with Crippen LogP contribution in [-0.4, -0.2) is 34.9 Å². The van der Waals surface area contributed by atoms with Gasteiger partial charge in [0.1, 0.15) is 11.7 Å². The molecule has 0 saturated heterocycles. The highest BCUT2D eigenvalue weighted by atomic mass is 19.3. The molecule has 1 aromatic rings. The third kappa shape index (κ3) is 5.41. The van der Waals surface area contributed by atoms with Crippen LogP contribution in [0.1, 0.15) is 51.0 Å². The number of halogens is 2. The van der Waals surface area contributed by atoms with E-state index in [9.17, 15) is 13.6 Å². The quantitative estimate of drug-likeness (QED) is 0.751. The molecule has 21 heavy (non-hydrogen) atoms. The van der Waals surface area contributed by atoms with Crippen LogP contribution in [0.25, 0.3) is 0 Å². The molecule has 1 aromatic heterocycles. The van der Waals surface area contributed by atoms with Crippen LogP contribution in [0.5, 0.6) is 0 Å². The second-order valence-corrected chi connectivity index (χ2v) is 5.20. The first-order valence-electron chi connectivity index (χ1n) is 7.06. The van der Waals surface area contributed by atoms with Gasteiger partial charge in [-0.2, -0.15) is 5.10 Å². The van der Waals surface area contributed by atoms with Gasteiger partial charge in [-0.1, -0.05) is 0 Å². The number of hydrogen-bond acceptors (Lipinski definition) is 3. The number of rotatable bonds is 8. The Hall–Kier alpha value is -1.50. The van der Waals surface area contributed by atoms with Crippen molar-refractivity contribution in [2.45, 2.75) is 52.7 Å². The number of amides is 1. The minimum Gasteiger partial charge on any atom is -0.379 e. The van der Waals surface area contributed by atoms with Gasteiger partial charge in [-0.15, -0.1) is 0 Å². The van der Waals surface area contributed by atoms with E-state index in [2.05, 4.69) is 10.4 Å². The fourth-order valence-corrected chi connectivity index (χ4v) is 1.87. The van der Waals surface area contributed by atoms with Crippen LogP contribution in [0.3, 0.4) is 0 Å². The van der Waals surface area contributed by atoms with Gasteiger partial charge in [-0.05, 0) is 40.2 Å². The maximum atomic E-state index is 12.6. The number of alkyl halides is 2. The van der Waals surface area contributed by atoms with Crippen molar-refractivity contribution in [1.82, 2.24) is 15.1 Å². The lowest BCUT2D eigenvalue weighted by atomic mass is 10.3. The Bertz CT molecular complexity index is 461. The average Bonchev–Trinajstić information content (AvgIpc) is 2.79. The summed E-state index contributed by atoms with van der Waals surface area (Å²) in [5.41, 5.74) is 0.230. The Morgan fingerprint density at radius 2 is 2.10 bits per heavy atom. The zero-order valence-corrected chi connectivity index (χ0v) is 12.9. The van der Waals surface area contributed by atoms with Crippen LogP contribution in [0.4, 0.5) is 8.78 Å². The van der Waals surface area contributed by atoms with E-state index in [1.807, 2.05) is 13.8 Å². The second kappa shape index (κ2) is 8.07. The van der Waals surface area contributed by atoms with Crippen LogP contribution < -0.4 is 5.32 Å². The van der Waals surface area contributed by atoms with E-state index >= 15 is 0 Å². The van der Waals surface area contributed by atoms with E-state index in [0.717, 1.165) is 0 Å². The van der Waals surface area contributed by atoms with Gasteiger partial charge in [0.05, 0.1) is 6.10 Å². The van der Waals surface area contributed by atoms with Crippen molar-refractivity contribution in [1.29, 1.82) is 0 Å². The minimum absolute atomic E-state index is 0.166. The van der Waals surface area contributed by atoms with E-state index in [0.29, 0.717) is 25.3 Å². The summed E-state index contributed by atoms with van der Waals surface area (Å²) in [5, 5.41) is 6.53. The van der Waals surface area contributed by atoms with Crippen molar-refractivity contribution >= 4 is 5.91 Å². The predicted molar refractivity (Wildman–Crippen MR) is 75.3 cm³/mol. The van der Waals surface area contributed by atoms with Crippen molar-refractivity contribution in [3.05, 3.63) is 17.5 Å². The largest absolute Gasteiger partial charge is 0.379 e. The Labute approximate surface area is 123 Å². The lowest BCUT2D eigenvalue weighted by Crippen LogP contribution is -2.33. The number of hydrogen-bond donors (Lipinski definition) is 1. The highest BCUT2D eigenvalue weighted by Gasteiger charge is 2.20. The first kappa shape index (κ1) is 17.6. The molecule has 0 aliphatic heterocycles. The molecule has 7 heteroatoms. The number of aryl methyl sites for hydroxylation is 1. The molecule has 0 spiro atoms. The number of ether oxygens (including phenoxy) is 1. The molecule has 0 aliphatic carbocycles. The summed E-state index contributed by atoms with van der Waals surface area (Å²) in [6.07, 6.45) is -1.76. The van der Waals surface area contributed by atoms with Gasteiger partial charge in [0.15, 0.2) is 0 Å². The fraction of sp³-hybridized carbons (Fsp3) is 0.714. The third-order valence-corrected chi connectivity index (χ3v) is 2.98. The van der Waals surface area contributed by atoms with Gasteiger partial charge >= 0.3 is 0 Å². The number of carbonyl (C=O) groups is 1. The Morgan fingerprint density at radius 3 is 2.62 bits per heavy atom. The maximum absolute atomic E-state index is 12.6. The molecule has 0 bridgehead atoms. The molecule has 5 nitrogen and oxygen atoms in total. The van der Waals surface area contributed by atoms with Crippen molar-refractivity contribution in [2.24, 2.45) is 0 Å². The molecule has 1 rings (SSSR count). The van der Waals surface area contributed by atoms with Gasteiger partial charge in [-0.25, -0.2) is 8.78 Å². The van der Waals surface area contributed by atoms with Crippen molar-refractivity contribution in [3.8, 4) is 0 Å². The van der Waals surface area contributed by atoms with Crippen molar-refractivity contribution in [3.63, 3.8) is 0 Å². The highest BCUT2D eigenvalue weighted by molar-refractivity contribution is 5.79. The van der Waals surface area contributed by atoms with Crippen LogP contribution in [0.2, 0.25) is 0 Å². The minimum atomic E-state index is -2.63. The molecule has 0 fully saturated rings. The smallest absolute Gasteiger partial charge is 0.282 e. The lowest BCUT2D eigenvalue weighted by Gasteiger charge is -2.14. The zero-order chi connectivity index (χ0) is 16.0. The molecule has 0 aliphatic rings. The standard InChI is InChI=1S/C14H23F2N3O2/c1-9(2)21-7-5-6-17-14(20)11(4)19-10(3)8-12(18-19)13(15)16/h8-9,11,13H,5-7H2,1-4H3,(H,17,20). The first-order valence-corrected chi connectivity index (χ1v) is 7.06. The molecule has 0 radical (unpaired) electrons. The molecule has 0 aromatic carbocycles. The highest BCUT2D eigenvalue weighted by Crippen LogP contribution is 2.20. The normalized spacial score (nSPS) is 13.0. The summed E-state index contributed by atoms with van der Waals surface area (Å²) in [6.45, 7) is 8.23. The Morgan fingerprint density at radius 1 is 1.43 bits per heavy atom. The van der Waals surface area contributed by atoms with Gasteiger partial charge in [-0.3, -0.25) is 9.48 Å². The summed E-state index contributed by atoms with van der Waals surface area (Å²) < 4.78 is 31.9. The number of nitrogens with zero attached hydrogens (tertiary/aromatic N) is 2. The maximum Gasteiger partial charge on any atom is 0.282 e. The topological polar surface area (TPSA) is 56.2 Å². The van der Waals surface area contributed by atoms with E-state index in [1.165, 1.54) is 10.7 Å².